The Bertz CT molecular complexity index is 1400. The molecular weight excluding hydrogens is 428 g/mol. The zero-order valence-electron chi connectivity index (χ0n) is 18.8. The Labute approximate surface area is 197 Å². The first-order chi connectivity index (χ1) is 16.5. The molecule has 0 fully saturated rings. The van der Waals surface area contributed by atoms with E-state index in [2.05, 4.69) is 15.3 Å². The number of amides is 2. The second-order valence-corrected chi connectivity index (χ2v) is 8.13. The van der Waals surface area contributed by atoms with Crippen LogP contribution in [0, 0.1) is 13.8 Å². The minimum Gasteiger partial charge on any atom is -0.436 e. The number of aryl methyl sites for hydroxylation is 2. The second kappa shape index (κ2) is 8.78. The molecule has 4 aromatic rings. The molecule has 7 nitrogen and oxygen atoms in total. The van der Waals surface area contributed by atoms with Crippen molar-refractivity contribution < 1.29 is 14.3 Å². The van der Waals surface area contributed by atoms with Gasteiger partial charge in [-0.15, -0.1) is 0 Å². The van der Waals surface area contributed by atoms with Gasteiger partial charge in [0, 0.05) is 23.5 Å². The summed E-state index contributed by atoms with van der Waals surface area (Å²) in [7, 11) is 0. The molecule has 0 aliphatic carbocycles. The first kappa shape index (κ1) is 21.3. The monoisotopic (exact) mass is 450 g/mol. The number of nitrogens with one attached hydrogen (secondary N) is 1. The van der Waals surface area contributed by atoms with Crippen molar-refractivity contribution in [3.8, 4) is 11.6 Å². The molecule has 2 aromatic carbocycles. The van der Waals surface area contributed by atoms with Crippen molar-refractivity contribution in [2.45, 2.75) is 20.4 Å². The van der Waals surface area contributed by atoms with E-state index in [1.165, 1.54) is 6.20 Å². The van der Waals surface area contributed by atoms with E-state index in [9.17, 15) is 9.59 Å². The summed E-state index contributed by atoms with van der Waals surface area (Å²) in [4.78, 5) is 36.5. The molecule has 0 radical (unpaired) electrons. The number of hydrogen-bond donors (Lipinski definition) is 1. The molecule has 0 spiro atoms. The summed E-state index contributed by atoms with van der Waals surface area (Å²) >= 11 is 0. The third-order valence-corrected chi connectivity index (χ3v) is 5.68. The van der Waals surface area contributed by atoms with Crippen molar-refractivity contribution in [2.24, 2.45) is 0 Å². The summed E-state index contributed by atoms with van der Waals surface area (Å²) in [6, 6.07) is 20.1. The van der Waals surface area contributed by atoms with Crippen LogP contribution in [-0.4, -0.2) is 21.8 Å². The number of carbonyl (C=O) groups is 2. The van der Waals surface area contributed by atoms with Crippen molar-refractivity contribution in [1.29, 1.82) is 0 Å². The fourth-order valence-corrected chi connectivity index (χ4v) is 3.86. The van der Waals surface area contributed by atoms with Gasteiger partial charge in [0.1, 0.15) is 5.82 Å². The topological polar surface area (TPSA) is 84.4 Å². The second-order valence-electron chi connectivity index (χ2n) is 8.13. The lowest BCUT2D eigenvalue weighted by molar-refractivity contribution is 0.0984. The number of anilines is 2. The number of hydrogen-bond acceptors (Lipinski definition) is 5. The maximum atomic E-state index is 13.5. The average molecular weight is 450 g/mol. The van der Waals surface area contributed by atoms with Gasteiger partial charge in [-0.3, -0.25) is 9.59 Å². The molecule has 1 aliphatic heterocycles. The summed E-state index contributed by atoms with van der Waals surface area (Å²) in [6.07, 6.45) is 3.13. The number of carbonyl (C=O) groups excluding carboxylic acids is 2. The Morgan fingerprint density at radius 3 is 2.65 bits per heavy atom. The fourth-order valence-electron chi connectivity index (χ4n) is 3.86. The minimum atomic E-state index is -0.240. The Morgan fingerprint density at radius 1 is 0.971 bits per heavy atom. The van der Waals surface area contributed by atoms with Gasteiger partial charge in [-0.25, -0.2) is 9.97 Å². The Hall–Kier alpha value is -4.52. The molecule has 1 aliphatic rings. The zero-order chi connectivity index (χ0) is 23.7. The quantitative estimate of drug-likeness (QED) is 0.458. The Balaban J connectivity index is 1.40. The zero-order valence-corrected chi connectivity index (χ0v) is 18.8. The van der Waals surface area contributed by atoms with E-state index in [1.54, 1.807) is 23.2 Å². The molecule has 0 saturated carbocycles. The van der Waals surface area contributed by atoms with Gasteiger partial charge in [0.15, 0.2) is 5.75 Å². The van der Waals surface area contributed by atoms with Gasteiger partial charge < -0.3 is 15.0 Å². The van der Waals surface area contributed by atoms with E-state index < -0.39 is 0 Å². The summed E-state index contributed by atoms with van der Waals surface area (Å²) in [5, 5.41) is 2.81. The smallest absolute Gasteiger partial charge is 0.260 e. The average Bonchev–Trinajstić information content (AvgIpc) is 3.02. The van der Waals surface area contributed by atoms with Crippen LogP contribution in [0.25, 0.3) is 0 Å². The number of pyridine rings is 2. The number of rotatable bonds is 3. The third-order valence-electron chi connectivity index (χ3n) is 5.68. The maximum Gasteiger partial charge on any atom is 0.260 e. The number of ether oxygens (including phenoxy) is 1. The molecule has 0 unspecified atom stereocenters. The van der Waals surface area contributed by atoms with Crippen LogP contribution < -0.4 is 15.0 Å². The Kier molecular flexibility index (Phi) is 5.51. The molecule has 2 amide bonds. The number of aromatic nitrogens is 2. The Morgan fingerprint density at radius 2 is 1.82 bits per heavy atom. The van der Waals surface area contributed by atoms with Crippen molar-refractivity contribution >= 4 is 23.3 Å². The van der Waals surface area contributed by atoms with Crippen molar-refractivity contribution in [3.05, 3.63) is 107 Å². The third kappa shape index (κ3) is 4.11. The molecule has 1 N–H and O–H groups in total. The largest absolute Gasteiger partial charge is 0.436 e. The predicted molar refractivity (Wildman–Crippen MR) is 129 cm³/mol. The lowest BCUT2D eigenvalue weighted by Gasteiger charge is -2.22. The van der Waals surface area contributed by atoms with Crippen molar-refractivity contribution in [2.75, 3.05) is 10.2 Å². The summed E-state index contributed by atoms with van der Waals surface area (Å²) < 4.78 is 5.97. The summed E-state index contributed by atoms with van der Waals surface area (Å²) in [5.74, 6) is 0.936. The molecule has 0 atom stereocenters. The van der Waals surface area contributed by atoms with Crippen LogP contribution in [0.3, 0.4) is 0 Å². The van der Waals surface area contributed by atoms with Gasteiger partial charge >= 0.3 is 0 Å². The molecule has 7 heteroatoms. The van der Waals surface area contributed by atoms with Crippen molar-refractivity contribution in [1.82, 2.24) is 9.97 Å². The van der Waals surface area contributed by atoms with E-state index in [1.807, 2.05) is 68.4 Å². The highest BCUT2D eigenvalue weighted by atomic mass is 16.5. The summed E-state index contributed by atoms with van der Waals surface area (Å²) in [6.45, 7) is 4.14. The van der Waals surface area contributed by atoms with Gasteiger partial charge in [-0.1, -0.05) is 35.9 Å². The molecule has 0 bridgehead atoms. The fraction of sp³-hybridized carbons (Fsp3) is 0.111. The number of benzene rings is 2. The first-order valence-electron chi connectivity index (χ1n) is 10.9. The molecule has 34 heavy (non-hydrogen) atoms. The number of fused-ring (bicyclic) bond motifs is 2. The van der Waals surface area contributed by atoms with E-state index in [-0.39, 0.29) is 11.8 Å². The molecular formula is C27H22N4O3. The van der Waals surface area contributed by atoms with Gasteiger partial charge in [-0.2, -0.15) is 0 Å². The minimum absolute atomic E-state index is 0.229. The normalized spacial score (nSPS) is 12.1. The van der Waals surface area contributed by atoms with Crippen LogP contribution in [0.1, 0.15) is 37.4 Å². The first-order valence-corrected chi connectivity index (χ1v) is 10.9. The molecule has 3 heterocycles. The molecule has 0 saturated heterocycles. The molecule has 2 aromatic heterocycles. The number of para-hydroxylation sites is 2. The highest BCUT2D eigenvalue weighted by Gasteiger charge is 2.26. The lowest BCUT2D eigenvalue weighted by atomic mass is 10.1. The van der Waals surface area contributed by atoms with Gasteiger partial charge in [-0.05, 0) is 55.8 Å². The molecule has 168 valence electrons. The maximum absolute atomic E-state index is 13.5. The van der Waals surface area contributed by atoms with E-state index >= 15 is 0 Å². The molecule has 5 rings (SSSR count). The van der Waals surface area contributed by atoms with Gasteiger partial charge in [0.2, 0.25) is 5.88 Å². The van der Waals surface area contributed by atoms with E-state index in [0.29, 0.717) is 40.8 Å². The van der Waals surface area contributed by atoms with E-state index in [4.69, 9.17) is 4.74 Å². The van der Waals surface area contributed by atoms with Crippen LogP contribution in [0.4, 0.5) is 11.5 Å². The van der Waals surface area contributed by atoms with Crippen LogP contribution >= 0.6 is 0 Å². The summed E-state index contributed by atoms with van der Waals surface area (Å²) in [5.41, 5.74) is 4.33. The van der Waals surface area contributed by atoms with Crippen LogP contribution in [-0.2, 0) is 6.54 Å². The SMILES string of the molecule is Cc1ccc(C)c(C(=O)Nc2ccc(C(=O)N3Cc4cccnc4Oc4ccccc43)cn2)c1. The van der Waals surface area contributed by atoms with Crippen molar-refractivity contribution in [3.63, 3.8) is 0 Å². The van der Waals surface area contributed by atoms with Gasteiger partial charge in [0.25, 0.3) is 11.8 Å². The highest BCUT2D eigenvalue weighted by Crippen LogP contribution is 2.38. The van der Waals surface area contributed by atoms with E-state index in [0.717, 1.165) is 16.7 Å². The standard InChI is InChI=1S/C27H22N4O3/c1-17-9-10-18(2)21(14-17)25(32)30-24-12-11-19(15-29-24)27(33)31-16-20-6-5-13-28-26(20)34-23-8-4-3-7-22(23)31/h3-15H,16H2,1-2H3,(H,29,30,32). The predicted octanol–water partition coefficient (Wildman–Crippen LogP) is 5.30. The van der Waals surface area contributed by atoms with Crippen LogP contribution in [0.2, 0.25) is 0 Å². The van der Waals surface area contributed by atoms with Crippen LogP contribution in [0.5, 0.6) is 11.6 Å². The van der Waals surface area contributed by atoms with Crippen LogP contribution in [0.15, 0.2) is 79.1 Å². The lowest BCUT2D eigenvalue weighted by Crippen LogP contribution is -2.30. The van der Waals surface area contributed by atoms with Gasteiger partial charge in [0.05, 0.1) is 17.8 Å². The number of nitrogens with zero attached hydrogens (tertiary/aromatic N) is 3. The highest BCUT2D eigenvalue weighted by molar-refractivity contribution is 6.07.